The Kier molecular flexibility index (Phi) is 5.75. The van der Waals surface area contributed by atoms with Crippen molar-refractivity contribution in [3.05, 3.63) is 45.1 Å². The number of aromatic amines is 1. The molecule has 4 rings (SSSR count). The van der Waals surface area contributed by atoms with Crippen LogP contribution in [0, 0.1) is 0 Å². The smallest absolute Gasteiger partial charge is 0.234 e. The van der Waals surface area contributed by atoms with Crippen LogP contribution in [-0.4, -0.2) is 53.5 Å². The monoisotopic (exact) mass is 447 g/mol. The molecule has 142 valence electrons. The minimum Gasteiger partial charge on any atom is -0.350 e. The second-order valence-electron chi connectivity index (χ2n) is 6.70. The zero-order valence-corrected chi connectivity index (χ0v) is 17.4. The van der Waals surface area contributed by atoms with E-state index >= 15 is 0 Å². The topological polar surface area (TPSA) is 64.3 Å². The van der Waals surface area contributed by atoms with Crippen LogP contribution < -0.4 is 10.2 Å². The summed E-state index contributed by atoms with van der Waals surface area (Å²) in [6.07, 6.45) is 1.02. The van der Waals surface area contributed by atoms with Crippen LogP contribution in [0.15, 0.2) is 40.2 Å². The lowest BCUT2D eigenvalue weighted by molar-refractivity contribution is -0.122. The lowest BCUT2D eigenvalue weighted by Gasteiger charge is -2.21. The average molecular weight is 448 g/mol. The summed E-state index contributed by atoms with van der Waals surface area (Å²) in [6.45, 7) is 4.63. The fourth-order valence-corrected chi connectivity index (χ4v) is 4.71. The van der Waals surface area contributed by atoms with Gasteiger partial charge in [-0.05, 0) is 40.5 Å². The number of thiophene rings is 1. The fourth-order valence-electron chi connectivity index (χ4n) is 3.32. The van der Waals surface area contributed by atoms with E-state index in [-0.39, 0.29) is 5.91 Å². The van der Waals surface area contributed by atoms with Gasteiger partial charge in [0.2, 0.25) is 11.9 Å². The Hall–Kier alpha value is -1.90. The number of rotatable bonds is 5. The van der Waals surface area contributed by atoms with Gasteiger partial charge in [-0.3, -0.25) is 9.69 Å². The molecular formula is C19H22BrN5OS. The van der Waals surface area contributed by atoms with Gasteiger partial charge in [0, 0.05) is 40.9 Å². The highest BCUT2D eigenvalue weighted by atomic mass is 79.9. The Balaban J connectivity index is 1.29. The molecule has 0 aliphatic carbocycles. The third-order valence-corrected chi connectivity index (χ3v) is 6.41. The van der Waals surface area contributed by atoms with Crippen molar-refractivity contribution in [1.82, 2.24) is 20.2 Å². The maximum absolute atomic E-state index is 12.3. The minimum atomic E-state index is 0.0803. The molecule has 1 amide bonds. The molecule has 0 saturated carbocycles. The molecule has 1 saturated heterocycles. The molecule has 8 heteroatoms. The second-order valence-corrected chi connectivity index (χ2v) is 8.61. The molecule has 1 aromatic carbocycles. The van der Waals surface area contributed by atoms with E-state index in [2.05, 4.69) is 36.0 Å². The normalized spacial score (nSPS) is 15.8. The number of hydrogen-bond acceptors (Lipinski definition) is 5. The Bertz CT molecular complexity index is 891. The summed E-state index contributed by atoms with van der Waals surface area (Å²) in [5, 5.41) is 5.05. The van der Waals surface area contributed by atoms with Gasteiger partial charge in [-0.1, -0.05) is 12.1 Å². The summed E-state index contributed by atoms with van der Waals surface area (Å²) in [5.41, 5.74) is 2.06. The summed E-state index contributed by atoms with van der Waals surface area (Å²) in [4.78, 5) is 26.0. The van der Waals surface area contributed by atoms with Gasteiger partial charge < -0.3 is 15.2 Å². The number of carbonyl (C=O) groups is 1. The molecule has 1 aliphatic heterocycles. The van der Waals surface area contributed by atoms with Crippen LogP contribution in [-0.2, 0) is 11.3 Å². The van der Waals surface area contributed by atoms with E-state index in [1.165, 1.54) is 0 Å². The van der Waals surface area contributed by atoms with Gasteiger partial charge in [-0.2, -0.15) is 0 Å². The van der Waals surface area contributed by atoms with Crippen LogP contribution >= 0.6 is 27.3 Å². The number of nitrogens with one attached hydrogen (secondary N) is 2. The van der Waals surface area contributed by atoms with E-state index < -0.39 is 0 Å². The summed E-state index contributed by atoms with van der Waals surface area (Å²) >= 11 is 5.09. The maximum Gasteiger partial charge on any atom is 0.234 e. The average Bonchev–Trinajstić information content (AvgIpc) is 3.21. The highest BCUT2D eigenvalue weighted by molar-refractivity contribution is 9.10. The third kappa shape index (κ3) is 4.69. The SMILES string of the molecule is O=C(CN1CCCN(c2nc3ccccc3[nH]2)CC1)NCc1cc(Br)cs1. The molecule has 3 heterocycles. The third-order valence-electron chi connectivity index (χ3n) is 4.71. The Morgan fingerprint density at radius 2 is 2.15 bits per heavy atom. The molecule has 3 aromatic rings. The number of hydrogen-bond donors (Lipinski definition) is 2. The molecule has 2 N–H and O–H groups in total. The number of H-pyrrole nitrogens is 1. The van der Waals surface area contributed by atoms with Crippen molar-refractivity contribution >= 4 is 50.2 Å². The summed E-state index contributed by atoms with van der Waals surface area (Å²) in [7, 11) is 0. The molecule has 1 fully saturated rings. The van der Waals surface area contributed by atoms with Gasteiger partial charge >= 0.3 is 0 Å². The zero-order chi connectivity index (χ0) is 18.6. The van der Waals surface area contributed by atoms with Gasteiger partial charge in [0.25, 0.3) is 0 Å². The first-order valence-corrected chi connectivity index (χ1v) is 10.8. The van der Waals surface area contributed by atoms with Gasteiger partial charge in [-0.15, -0.1) is 11.3 Å². The Labute approximate surface area is 170 Å². The number of aromatic nitrogens is 2. The molecule has 1 aliphatic rings. The lowest BCUT2D eigenvalue weighted by atomic mass is 10.3. The molecule has 27 heavy (non-hydrogen) atoms. The van der Waals surface area contributed by atoms with Crippen molar-refractivity contribution in [1.29, 1.82) is 0 Å². The molecule has 0 spiro atoms. The number of fused-ring (bicyclic) bond motifs is 1. The number of benzene rings is 1. The molecular weight excluding hydrogens is 426 g/mol. The molecule has 6 nitrogen and oxygen atoms in total. The Morgan fingerprint density at radius 3 is 2.96 bits per heavy atom. The lowest BCUT2D eigenvalue weighted by Crippen LogP contribution is -2.39. The van der Waals surface area contributed by atoms with Crippen LogP contribution in [0.3, 0.4) is 0 Å². The molecule has 0 radical (unpaired) electrons. The minimum absolute atomic E-state index is 0.0803. The quantitative estimate of drug-likeness (QED) is 0.629. The van der Waals surface area contributed by atoms with Crippen molar-refractivity contribution in [3.8, 4) is 0 Å². The van der Waals surface area contributed by atoms with Gasteiger partial charge in [-0.25, -0.2) is 4.98 Å². The first kappa shape index (κ1) is 18.5. The van der Waals surface area contributed by atoms with Gasteiger partial charge in [0.1, 0.15) is 0 Å². The van der Waals surface area contributed by atoms with Crippen LogP contribution in [0.4, 0.5) is 5.95 Å². The Morgan fingerprint density at radius 1 is 1.26 bits per heavy atom. The predicted molar refractivity (Wildman–Crippen MR) is 113 cm³/mol. The zero-order valence-electron chi connectivity index (χ0n) is 14.9. The maximum atomic E-state index is 12.3. The first-order valence-electron chi connectivity index (χ1n) is 9.09. The highest BCUT2D eigenvalue weighted by Crippen LogP contribution is 2.20. The number of imidazole rings is 1. The van der Waals surface area contributed by atoms with Crippen LogP contribution in [0.2, 0.25) is 0 Å². The molecule has 0 bridgehead atoms. The number of nitrogens with zero attached hydrogens (tertiary/aromatic N) is 3. The highest BCUT2D eigenvalue weighted by Gasteiger charge is 2.19. The van der Waals surface area contributed by atoms with Crippen molar-refractivity contribution in [2.45, 2.75) is 13.0 Å². The van der Waals surface area contributed by atoms with E-state index in [0.29, 0.717) is 13.1 Å². The fraction of sp³-hybridized carbons (Fsp3) is 0.368. The van der Waals surface area contributed by atoms with E-state index in [4.69, 9.17) is 4.98 Å². The van der Waals surface area contributed by atoms with Crippen LogP contribution in [0.5, 0.6) is 0 Å². The number of carbonyl (C=O) groups excluding carboxylic acids is 1. The van der Waals surface area contributed by atoms with E-state index in [1.807, 2.05) is 35.7 Å². The predicted octanol–water partition coefficient (Wildman–Crippen LogP) is 3.22. The van der Waals surface area contributed by atoms with Crippen molar-refractivity contribution in [2.24, 2.45) is 0 Å². The number of halogens is 1. The van der Waals surface area contributed by atoms with Gasteiger partial charge in [0.05, 0.1) is 24.1 Å². The summed E-state index contributed by atoms with van der Waals surface area (Å²) in [5.74, 6) is 1.00. The van der Waals surface area contributed by atoms with Crippen molar-refractivity contribution in [3.63, 3.8) is 0 Å². The number of amides is 1. The van der Waals surface area contributed by atoms with Crippen LogP contribution in [0.25, 0.3) is 11.0 Å². The largest absolute Gasteiger partial charge is 0.350 e. The second kappa shape index (κ2) is 8.41. The van der Waals surface area contributed by atoms with Crippen molar-refractivity contribution < 1.29 is 4.79 Å². The molecule has 2 aromatic heterocycles. The number of anilines is 1. The van der Waals surface area contributed by atoms with Gasteiger partial charge in [0.15, 0.2) is 0 Å². The molecule has 0 unspecified atom stereocenters. The van der Waals surface area contributed by atoms with Crippen molar-refractivity contribution in [2.75, 3.05) is 37.6 Å². The van der Waals surface area contributed by atoms with E-state index in [0.717, 1.165) is 58.9 Å². The summed E-state index contributed by atoms with van der Waals surface area (Å²) < 4.78 is 1.06. The van der Waals surface area contributed by atoms with Crippen LogP contribution in [0.1, 0.15) is 11.3 Å². The number of para-hydroxylation sites is 2. The standard InChI is InChI=1S/C19H22BrN5OS/c20-14-10-15(27-13-14)11-21-18(26)12-24-6-3-7-25(9-8-24)19-22-16-4-1-2-5-17(16)23-19/h1-2,4-5,10,13H,3,6-9,11-12H2,(H,21,26)(H,22,23). The first-order chi connectivity index (χ1) is 13.2. The summed E-state index contributed by atoms with van der Waals surface area (Å²) in [6, 6.07) is 10.1. The van der Waals surface area contributed by atoms with E-state index in [1.54, 1.807) is 11.3 Å². The van der Waals surface area contributed by atoms with E-state index in [9.17, 15) is 4.79 Å². The molecule has 0 atom stereocenters.